The summed E-state index contributed by atoms with van der Waals surface area (Å²) in [6, 6.07) is 9.50. The van der Waals surface area contributed by atoms with Crippen LogP contribution in [-0.2, 0) is 19.1 Å². The zero-order valence-electron chi connectivity index (χ0n) is 19.2. The molecule has 0 atom stereocenters. The Morgan fingerprint density at radius 2 is 1.85 bits per heavy atom. The Labute approximate surface area is 192 Å². The molecule has 0 saturated heterocycles. The molecule has 2 aliphatic heterocycles. The van der Waals surface area contributed by atoms with Crippen molar-refractivity contribution >= 4 is 34.8 Å². The van der Waals surface area contributed by atoms with Crippen LogP contribution in [0.15, 0.2) is 42.1 Å². The Kier molecular flexibility index (Phi) is 6.09. The monoisotopic (exact) mass is 449 g/mol. The molecule has 0 unspecified atom stereocenters. The van der Waals surface area contributed by atoms with Crippen LogP contribution in [0.2, 0.25) is 0 Å². The van der Waals surface area contributed by atoms with E-state index in [4.69, 9.17) is 9.47 Å². The van der Waals surface area contributed by atoms with E-state index in [-0.39, 0.29) is 24.8 Å². The molecule has 0 spiro atoms. The first kappa shape index (κ1) is 22.4. The number of anilines is 3. The number of fused-ring (bicyclic) bond motifs is 2. The molecule has 0 fully saturated rings. The standard InChI is InChI=1S/C25H27N3O5/c1-15-5-6-22-21(9-15)27(7-8-33-22)24(30)14-28-20-11-17(3)16(2)10-19(20)26-18(12-23(28)29)13-25(31)32-4/h5-6,9-12,26H,7-8,13-14H2,1-4H3. The molecule has 2 amide bonds. The normalized spacial score (nSPS) is 14.9. The number of rotatable bonds is 4. The van der Waals surface area contributed by atoms with Crippen LogP contribution in [0.1, 0.15) is 23.1 Å². The van der Waals surface area contributed by atoms with Crippen molar-refractivity contribution in [1.82, 2.24) is 0 Å². The lowest BCUT2D eigenvalue weighted by Crippen LogP contribution is -2.45. The molecule has 0 aromatic heterocycles. The summed E-state index contributed by atoms with van der Waals surface area (Å²) in [5, 5.41) is 3.18. The Balaban J connectivity index is 1.69. The molecule has 1 N–H and O–H groups in total. The molecule has 33 heavy (non-hydrogen) atoms. The smallest absolute Gasteiger partial charge is 0.311 e. The molecule has 4 rings (SSSR count). The molecule has 2 aliphatic rings. The number of hydrogen-bond acceptors (Lipinski definition) is 6. The molecule has 0 bridgehead atoms. The number of hydrogen-bond donors (Lipinski definition) is 1. The van der Waals surface area contributed by atoms with Crippen molar-refractivity contribution in [2.45, 2.75) is 27.2 Å². The number of benzene rings is 2. The lowest BCUT2D eigenvalue weighted by Gasteiger charge is -2.32. The number of nitrogens with zero attached hydrogens (tertiary/aromatic N) is 2. The van der Waals surface area contributed by atoms with Crippen molar-refractivity contribution < 1.29 is 23.9 Å². The fourth-order valence-corrected chi connectivity index (χ4v) is 3.97. The first-order valence-electron chi connectivity index (χ1n) is 10.8. The minimum absolute atomic E-state index is 0.0769. The maximum absolute atomic E-state index is 13.4. The second-order valence-electron chi connectivity index (χ2n) is 8.29. The van der Waals surface area contributed by atoms with Crippen molar-refractivity contribution in [2.24, 2.45) is 0 Å². The third kappa shape index (κ3) is 4.55. The predicted molar refractivity (Wildman–Crippen MR) is 126 cm³/mol. The van der Waals surface area contributed by atoms with Crippen molar-refractivity contribution in [3.63, 3.8) is 0 Å². The van der Waals surface area contributed by atoms with E-state index in [9.17, 15) is 14.4 Å². The zero-order chi connectivity index (χ0) is 23.7. The number of nitrogens with one attached hydrogen (secondary N) is 1. The lowest BCUT2D eigenvalue weighted by molar-refractivity contribution is -0.139. The summed E-state index contributed by atoms with van der Waals surface area (Å²) in [6.45, 7) is 6.51. The van der Waals surface area contributed by atoms with Gasteiger partial charge in [0.2, 0.25) is 5.91 Å². The van der Waals surface area contributed by atoms with Crippen LogP contribution in [0.5, 0.6) is 5.75 Å². The summed E-state index contributed by atoms with van der Waals surface area (Å²) >= 11 is 0. The van der Waals surface area contributed by atoms with Crippen LogP contribution < -0.4 is 19.9 Å². The summed E-state index contributed by atoms with van der Waals surface area (Å²) in [5.41, 5.74) is 5.39. The van der Waals surface area contributed by atoms with Gasteiger partial charge in [0.05, 0.1) is 37.1 Å². The van der Waals surface area contributed by atoms with Crippen LogP contribution in [0.4, 0.5) is 17.1 Å². The summed E-state index contributed by atoms with van der Waals surface area (Å²) in [4.78, 5) is 41.6. The second-order valence-corrected chi connectivity index (χ2v) is 8.29. The molecule has 0 radical (unpaired) electrons. The van der Waals surface area contributed by atoms with Gasteiger partial charge < -0.3 is 19.7 Å². The molecule has 0 saturated carbocycles. The summed E-state index contributed by atoms with van der Waals surface area (Å²) in [5.74, 6) is -0.407. The lowest BCUT2D eigenvalue weighted by atomic mass is 10.1. The quantitative estimate of drug-likeness (QED) is 0.721. The molecule has 2 aromatic rings. The summed E-state index contributed by atoms with van der Waals surface area (Å²) in [6.07, 6.45) is 1.28. The maximum atomic E-state index is 13.4. The van der Waals surface area contributed by atoms with Gasteiger partial charge in [-0.1, -0.05) is 6.07 Å². The highest BCUT2D eigenvalue weighted by Crippen LogP contribution is 2.35. The highest BCUT2D eigenvalue weighted by Gasteiger charge is 2.30. The van der Waals surface area contributed by atoms with E-state index in [0.717, 1.165) is 16.7 Å². The maximum Gasteiger partial charge on any atom is 0.311 e. The number of methoxy groups -OCH3 is 1. The highest BCUT2D eigenvalue weighted by molar-refractivity contribution is 6.11. The first-order valence-corrected chi connectivity index (χ1v) is 10.8. The first-order chi connectivity index (χ1) is 15.8. The third-order valence-corrected chi connectivity index (χ3v) is 5.90. The minimum atomic E-state index is -0.461. The second kappa shape index (κ2) is 8.97. The van der Waals surface area contributed by atoms with Gasteiger partial charge in [-0.3, -0.25) is 19.3 Å². The van der Waals surface area contributed by atoms with Crippen molar-refractivity contribution in [2.75, 3.05) is 41.9 Å². The van der Waals surface area contributed by atoms with Crippen LogP contribution >= 0.6 is 0 Å². The van der Waals surface area contributed by atoms with Gasteiger partial charge in [0, 0.05) is 11.8 Å². The van der Waals surface area contributed by atoms with E-state index in [1.54, 1.807) is 4.90 Å². The Morgan fingerprint density at radius 1 is 1.09 bits per heavy atom. The summed E-state index contributed by atoms with van der Waals surface area (Å²) < 4.78 is 10.5. The fourth-order valence-electron chi connectivity index (χ4n) is 3.97. The van der Waals surface area contributed by atoms with Gasteiger partial charge in [0.15, 0.2) is 0 Å². The fraction of sp³-hybridized carbons (Fsp3) is 0.320. The van der Waals surface area contributed by atoms with Crippen LogP contribution in [0, 0.1) is 20.8 Å². The Morgan fingerprint density at radius 3 is 2.61 bits per heavy atom. The van der Waals surface area contributed by atoms with E-state index in [1.807, 2.05) is 51.1 Å². The molecule has 8 heteroatoms. The third-order valence-electron chi connectivity index (χ3n) is 5.90. The minimum Gasteiger partial charge on any atom is -0.490 e. The van der Waals surface area contributed by atoms with Gasteiger partial charge in [-0.2, -0.15) is 0 Å². The number of ether oxygens (including phenoxy) is 2. The zero-order valence-corrected chi connectivity index (χ0v) is 19.2. The van der Waals surface area contributed by atoms with Crippen LogP contribution in [0.3, 0.4) is 0 Å². The van der Waals surface area contributed by atoms with Gasteiger partial charge in [-0.05, 0) is 61.7 Å². The van der Waals surface area contributed by atoms with E-state index in [1.165, 1.54) is 18.1 Å². The van der Waals surface area contributed by atoms with Gasteiger partial charge in [-0.15, -0.1) is 0 Å². The molecule has 172 valence electrons. The van der Waals surface area contributed by atoms with Crippen molar-refractivity contribution in [1.29, 1.82) is 0 Å². The van der Waals surface area contributed by atoms with Gasteiger partial charge in [0.25, 0.3) is 5.91 Å². The molecular weight excluding hydrogens is 422 g/mol. The van der Waals surface area contributed by atoms with Crippen molar-refractivity contribution in [3.05, 3.63) is 58.8 Å². The molecule has 0 aliphatic carbocycles. The highest BCUT2D eigenvalue weighted by atomic mass is 16.5. The molecule has 2 heterocycles. The van der Waals surface area contributed by atoms with E-state index in [0.29, 0.717) is 41.7 Å². The number of amides is 2. The largest absolute Gasteiger partial charge is 0.490 e. The molecule has 8 nitrogen and oxygen atoms in total. The average molecular weight is 450 g/mol. The van der Waals surface area contributed by atoms with Gasteiger partial charge in [0.1, 0.15) is 18.9 Å². The van der Waals surface area contributed by atoms with Gasteiger partial charge >= 0.3 is 5.97 Å². The topological polar surface area (TPSA) is 88.2 Å². The van der Waals surface area contributed by atoms with Gasteiger partial charge in [-0.25, -0.2) is 0 Å². The number of esters is 1. The van der Waals surface area contributed by atoms with E-state index < -0.39 is 5.97 Å². The Hall–Kier alpha value is -3.81. The van der Waals surface area contributed by atoms with Crippen LogP contribution in [0.25, 0.3) is 0 Å². The predicted octanol–water partition coefficient (Wildman–Crippen LogP) is 3.24. The SMILES string of the molecule is COC(=O)CC1=CC(=O)N(CC(=O)N2CCOc3ccc(C)cc32)c2cc(C)c(C)cc2N1. The van der Waals surface area contributed by atoms with E-state index >= 15 is 0 Å². The summed E-state index contributed by atoms with van der Waals surface area (Å²) in [7, 11) is 1.30. The molecular formula is C25H27N3O5. The number of aryl methyl sites for hydroxylation is 3. The van der Waals surface area contributed by atoms with Crippen LogP contribution in [-0.4, -0.2) is 44.6 Å². The number of carbonyl (C=O) groups excluding carboxylic acids is 3. The average Bonchev–Trinajstić information content (AvgIpc) is 2.89. The molecule has 2 aromatic carbocycles. The Bertz CT molecular complexity index is 1170. The van der Waals surface area contributed by atoms with Crippen molar-refractivity contribution in [3.8, 4) is 5.75 Å². The number of carbonyl (C=O) groups is 3. The van der Waals surface area contributed by atoms with E-state index in [2.05, 4.69) is 5.32 Å².